The van der Waals surface area contributed by atoms with Gasteiger partial charge in [-0.2, -0.15) is 0 Å². The molecule has 2 rings (SSSR count). The van der Waals surface area contributed by atoms with Crippen molar-refractivity contribution in [2.24, 2.45) is 4.99 Å². The van der Waals surface area contributed by atoms with E-state index in [4.69, 9.17) is 4.99 Å². The number of aliphatic imine (C=N–C) groups is 1. The van der Waals surface area contributed by atoms with Crippen molar-refractivity contribution < 1.29 is 0 Å². The van der Waals surface area contributed by atoms with Gasteiger partial charge in [0.1, 0.15) is 5.84 Å². The van der Waals surface area contributed by atoms with Crippen LogP contribution in [0.15, 0.2) is 16.3 Å². The summed E-state index contributed by atoms with van der Waals surface area (Å²) in [4.78, 5) is 7.08. The van der Waals surface area contributed by atoms with Gasteiger partial charge in [0.25, 0.3) is 0 Å². The zero-order valence-electron chi connectivity index (χ0n) is 9.30. The smallest absolute Gasteiger partial charge is 0.101 e. The summed E-state index contributed by atoms with van der Waals surface area (Å²) >= 11 is 0. The molecule has 0 amide bonds. The van der Waals surface area contributed by atoms with E-state index in [9.17, 15) is 0 Å². The van der Waals surface area contributed by atoms with Gasteiger partial charge in [-0.1, -0.05) is 6.92 Å². The van der Waals surface area contributed by atoms with Crippen LogP contribution in [0, 0.1) is 0 Å². The molecular weight excluding hydrogens is 174 g/mol. The number of fused-ring (bicyclic) bond motifs is 1. The molecule has 3 nitrogen and oxygen atoms in total. The second-order valence-electron chi connectivity index (χ2n) is 4.06. The summed E-state index contributed by atoms with van der Waals surface area (Å²) in [5.41, 5.74) is 2.90. The van der Waals surface area contributed by atoms with E-state index in [0.717, 1.165) is 26.1 Å². The van der Waals surface area contributed by atoms with Crippen LogP contribution in [-0.4, -0.2) is 36.4 Å². The SMILES string of the molecule is CC[C@@H]1N=C(C)N2CCNCC2=C1C. The van der Waals surface area contributed by atoms with E-state index < -0.39 is 0 Å². The summed E-state index contributed by atoms with van der Waals surface area (Å²) in [5, 5.41) is 3.43. The van der Waals surface area contributed by atoms with Gasteiger partial charge in [0.05, 0.1) is 6.04 Å². The summed E-state index contributed by atoms with van der Waals surface area (Å²) < 4.78 is 0. The third-order valence-electron chi connectivity index (χ3n) is 3.21. The van der Waals surface area contributed by atoms with Crippen LogP contribution in [0.1, 0.15) is 27.2 Å². The number of nitrogens with one attached hydrogen (secondary N) is 1. The molecule has 0 spiro atoms. The maximum atomic E-state index is 4.72. The standard InChI is InChI=1S/C11H19N3/c1-4-10-8(2)11-7-12-5-6-14(11)9(3)13-10/h10,12H,4-7H2,1-3H3/t10-/m0/s1. The lowest BCUT2D eigenvalue weighted by Crippen LogP contribution is -2.47. The Bertz CT molecular complexity index is 291. The average molecular weight is 193 g/mol. The Kier molecular flexibility index (Phi) is 2.59. The Morgan fingerprint density at radius 1 is 1.50 bits per heavy atom. The molecule has 2 heterocycles. The van der Waals surface area contributed by atoms with E-state index in [2.05, 4.69) is 31.0 Å². The molecule has 1 atom stereocenters. The molecule has 78 valence electrons. The van der Waals surface area contributed by atoms with Crippen molar-refractivity contribution in [2.75, 3.05) is 19.6 Å². The number of amidine groups is 1. The topological polar surface area (TPSA) is 27.6 Å². The minimum Gasteiger partial charge on any atom is -0.332 e. The molecule has 1 fully saturated rings. The molecule has 3 heteroatoms. The predicted molar refractivity (Wildman–Crippen MR) is 59.5 cm³/mol. The maximum Gasteiger partial charge on any atom is 0.101 e. The summed E-state index contributed by atoms with van der Waals surface area (Å²) in [6.07, 6.45) is 1.11. The summed E-state index contributed by atoms with van der Waals surface area (Å²) in [7, 11) is 0. The van der Waals surface area contributed by atoms with Gasteiger partial charge in [-0.25, -0.2) is 0 Å². The Morgan fingerprint density at radius 3 is 3.00 bits per heavy atom. The first kappa shape index (κ1) is 9.71. The first-order valence-electron chi connectivity index (χ1n) is 5.46. The molecule has 2 aliphatic heterocycles. The second-order valence-corrected chi connectivity index (χ2v) is 4.06. The number of nitrogens with zero attached hydrogens (tertiary/aromatic N) is 2. The van der Waals surface area contributed by atoms with Gasteiger partial charge >= 0.3 is 0 Å². The highest BCUT2D eigenvalue weighted by Crippen LogP contribution is 2.24. The molecule has 1 saturated heterocycles. The zero-order chi connectivity index (χ0) is 10.1. The average Bonchev–Trinajstić information content (AvgIpc) is 2.23. The Hall–Kier alpha value is -0.830. The van der Waals surface area contributed by atoms with Crippen LogP contribution in [0.2, 0.25) is 0 Å². The largest absolute Gasteiger partial charge is 0.332 e. The lowest BCUT2D eigenvalue weighted by Gasteiger charge is -2.38. The Labute approximate surface area is 85.9 Å². The van der Waals surface area contributed by atoms with Crippen LogP contribution in [0.5, 0.6) is 0 Å². The van der Waals surface area contributed by atoms with Crippen LogP contribution in [0.4, 0.5) is 0 Å². The molecular formula is C11H19N3. The fraction of sp³-hybridized carbons (Fsp3) is 0.727. The Balaban J connectivity index is 2.31. The molecule has 0 radical (unpaired) electrons. The molecule has 0 aromatic rings. The van der Waals surface area contributed by atoms with Crippen molar-refractivity contribution in [2.45, 2.75) is 33.2 Å². The molecule has 0 aromatic heterocycles. The highest BCUT2D eigenvalue weighted by atomic mass is 15.3. The molecule has 0 aliphatic carbocycles. The van der Waals surface area contributed by atoms with Crippen LogP contribution in [0.25, 0.3) is 0 Å². The highest BCUT2D eigenvalue weighted by molar-refractivity contribution is 5.83. The van der Waals surface area contributed by atoms with E-state index in [0.29, 0.717) is 6.04 Å². The minimum atomic E-state index is 0.418. The lowest BCUT2D eigenvalue weighted by atomic mass is 10.0. The number of hydrogen-bond donors (Lipinski definition) is 1. The van der Waals surface area contributed by atoms with Gasteiger partial charge in [-0.15, -0.1) is 0 Å². The van der Waals surface area contributed by atoms with E-state index in [-0.39, 0.29) is 0 Å². The van der Waals surface area contributed by atoms with Crippen molar-refractivity contribution in [1.29, 1.82) is 0 Å². The molecule has 0 unspecified atom stereocenters. The maximum absolute atomic E-state index is 4.72. The van der Waals surface area contributed by atoms with Gasteiger partial charge in [-0.05, 0) is 25.8 Å². The quantitative estimate of drug-likeness (QED) is 0.681. The Morgan fingerprint density at radius 2 is 2.29 bits per heavy atom. The monoisotopic (exact) mass is 193 g/mol. The van der Waals surface area contributed by atoms with Crippen LogP contribution < -0.4 is 5.32 Å². The van der Waals surface area contributed by atoms with E-state index >= 15 is 0 Å². The molecule has 14 heavy (non-hydrogen) atoms. The van der Waals surface area contributed by atoms with Crippen LogP contribution in [-0.2, 0) is 0 Å². The fourth-order valence-electron chi connectivity index (χ4n) is 2.32. The molecule has 0 aromatic carbocycles. The van der Waals surface area contributed by atoms with Crippen molar-refractivity contribution in [3.8, 4) is 0 Å². The van der Waals surface area contributed by atoms with Gasteiger partial charge in [-0.3, -0.25) is 4.99 Å². The van der Waals surface area contributed by atoms with Crippen molar-refractivity contribution in [3.05, 3.63) is 11.3 Å². The fourth-order valence-corrected chi connectivity index (χ4v) is 2.32. The van der Waals surface area contributed by atoms with Gasteiger partial charge in [0, 0.05) is 25.3 Å². The van der Waals surface area contributed by atoms with E-state index in [1.54, 1.807) is 0 Å². The zero-order valence-corrected chi connectivity index (χ0v) is 9.30. The lowest BCUT2D eigenvalue weighted by molar-refractivity contribution is 0.401. The highest BCUT2D eigenvalue weighted by Gasteiger charge is 2.26. The molecule has 1 N–H and O–H groups in total. The molecule has 0 saturated carbocycles. The molecule has 2 aliphatic rings. The number of rotatable bonds is 1. The first-order valence-corrected chi connectivity index (χ1v) is 5.46. The van der Waals surface area contributed by atoms with Crippen LogP contribution >= 0.6 is 0 Å². The van der Waals surface area contributed by atoms with E-state index in [1.165, 1.54) is 17.1 Å². The van der Waals surface area contributed by atoms with Crippen molar-refractivity contribution >= 4 is 5.84 Å². The third kappa shape index (κ3) is 1.46. The third-order valence-corrected chi connectivity index (χ3v) is 3.21. The summed E-state index contributed by atoms with van der Waals surface area (Å²) in [5.74, 6) is 1.19. The van der Waals surface area contributed by atoms with E-state index in [1.807, 2.05) is 0 Å². The number of hydrogen-bond acceptors (Lipinski definition) is 3. The minimum absolute atomic E-state index is 0.418. The number of piperazine rings is 1. The van der Waals surface area contributed by atoms with Crippen LogP contribution in [0.3, 0.4) is 0 Å². The summed E-state index contributed by atoms with van der Waals surface area (Å²) in [6, 6.07) is 0.418. The normalized spacial score (nSPS) is 27.5. The second kappa shape index (κ2) is 3.73. The van der Waals surface area contributed by atoms with Gasteiger partial charge in [0.15, 0.2) is 0 Å². The van der Waals surface area contributed by atoms with Crippen molar-refractivity contribution in [3.63, 3.8) is 0 Å². The van der Waals surface area contributed by atoms with Gasteiger partial charge < -0.3 is 10.2 Å². The van der Waals surface area contributed by atoms with Gasteiger partial charge in [0.2, 0.25) is 0 Å². The predicted octanol–water partition coefficient (Wildman–Crippen LogP) is 1.38. The molecule has 0 bridgehead atoms. The summed E-state index contributed by atoms with van der Waals surface area (Å²) in [6.45, 7) is 9.70. The first-order chi connectivity index (χ1) is 6.74. The van der Waals surface area contributed by atoms with Crippen molar-refractivity contribution in [1.82, 2.24) is 10.2 Å².